The number of aliphatic carboxylic acids is 1. The summed E-state index contributed by atoms with van der Waals surface area (Å²) in [5.74, 6) is -0.584. The van der Waals surface area contributed by atoms with Crippen molar-refractivity contribution in [3.05, 3.63) is 70.0 Å². The molecule has 0 unspecified atom stereocenters. The number of hydrogen-bond donors (Lipinski definition) is 1. The average molecular weight is 638 g/mol. The van der Waals surface area contributed by atoms with Crippen molar-refractivity contribution in [3.8, 4) is 0 Å². The van der Waals surface area contributed by atoms with Gasteiger partial charge in [-0.2, -0.15) is 26.3 Å². The number of halogens is 6. The van der Waals surface area contributed by atoms with Gasteiger partial charge in [0.25, 0.3) is 0 Å². The van der Waals surface area contributed by atoms with Crippen molar-refractivity contribution in [1.82, 2.24) is 14.8 Å². The number of anilines is 2. The number of fused-ring (bicyclic) bond motifs is 1. The van der Waals surface area contributed by atoms with Gasteiger partial charge >= 0.3 is 18.3 Å². The first-order chi connectivity index (χ1) is 21.2. The molecular weight excluding hydrogens is 600 g/mol. The summed E-state index contributed by atoms with van der Waals surface area (Å²) >= 11 is 0. The van der Waals surface area contributed by atoms with Gasteiger partial charge in [-0.15, -0.1) is 5.10 Å². The Labute approximate surface area is 257 Å². The number of alkyl halides is 6. The van der Waals surface area contributed by atoms with Crippen LogP contribution in [-0.2, 0) is 50.1 Å². The molecule has 1 fully saturated rings. The molecule has 244 valence electrons. The van der Waals surface area contributed by atoms with Gasteiger partial charge in [0.05, 0.1) is 17.0 Å². The second-order valence-electron chi connectivity index (χ2n) is 12.2. The van der Waals surface area contributed by atoms with Crippen LogP contribution in [0.4, 0.5) is 38.0 Å². The van der Waals surface area contributed by atoms with E-state index in [9.17, 15) is 36.2 Å². The average Bonchev–Trinajstić information content (AvgIpc) is 3.63. The summed E-state index contributed by atoms with van der Waals surface area (Å²) in [6.45, 7) is 3.32. The fraction of sp³-hybridized carbons (Fsp3) is 0.531. The van der Waals surface area contributed by atoms with E-state index >= 15 is 0 Å². The summed E-state index contributed by atoms with van der Waals surface area (Å²) in [6, 6.07) is 5.90. The molecule has 0 saturated heterocycles. The Morgan fingerprint density at radius 3 is 2.07 bits per heavy atom. The summed E-state index contributed by atoms with van der Waals surface area (Å²) in [7, 11) is 1.64. The molecule has 0 radical (unpaired) electrons. The third-order valence-corrected chi connectivity index (χ3v) is 8.94. The van der Waals surface area contributed by atoms with E-state index < -0.39 is 29.4 Å². The van der Waals surface area contributed by atoms with Crippen molar-refractivity contribution >= 4 is 17.6 Å². The molecule has 1 N–H and O–H groups in total. The van der Waals surface area contributed by atoms with E-state index in [0.717, 1.165) is 62.0 Å². The van der Waals surface area contributed by atoms with Crippen molar-refractivity contribution in [2.24, 2.45) is 18.9 Å². The number of carboxylic acid groups (broad SMARTS) is 1. The van der Waals surface area contributed by atoms with Crippen molar-refractivity contribution in [2.45, 2.75) is 77.3 Å². The van der Waals surface area contributed by atoms with Gasteiger partial charge < -0.3 is 14.9 Å². The molecule has 1 saturated carbocycles. The van der Waals surface area contributed by atoms with Crippen LogP contribution in [0.1, 0.15) is 72.4 Å². The highest BCUT2D eigenvalue weighted by Gasteiger charge is 2.37. The number of aryl methyl sites for hydroxylation is 3. The quantitative estimate of drug-likeness (QED) is 0.236. The molecule has 45 heavy (non-hydrogen) atoms. The molecule has 1 heterocycles. The highest BCUT2D eigenvalue weighted by molar-refractivity contribution is 5.70. The molecule has 7 nitrogen and oxygen atoms in total. The van der Waals surface area contributed by atoms with E-state index in [4.69, 9.17) is 0 Å². The van der Waals surface area contributed by atoms with E-state index in [2.05, 4.69) is 27.1 Å². The molecule has 0 spiro atoms. The topological polar surface area (TPSA) is 74.5 Å². The van der Waals surface area contributed by atoms with Gasteiger partial charge in [-0.25, -0.2) is 4.98 Å². The highest BCUT2D eigenvalue weighted by atomic mass is 19.4. The molecule has 0 aliphatic heterocycles. The van der Waals surface area contributed by atoms with Gasteiger partial charge in [-0.3, -0.25) is 9.48 Å². The van der Waals surface area contributed by atoms with Crippen LogP contribution in [0, 0.1) is 11.8 Å². The standard InChI is InChI=1S/C32H37F6N5O2/c1-3-42(16-20-7-9-22(10-8-20)29(44)45)28-14-24-6-4-5-23(24)13-25(28)18-43(30-39-19-41(2)40-30)17-21-11-26(31(33,34)35)15-27(12-21)32(36,37)38/h11-15,19-20,22H,3-10,16-18H2,1-2H3,(H,44,45)/t20-,22-. The number of rotatable bonds is 10. The number of hydrogen-bond acceptors (Lipinski definition) is 5. The Morgan fingerprint density at radius 1 is 0.911 bits per heavy atom. The Bertz CT molecular complexity index is 1480. The molecule has 0 bridgehead atoms. The second-order valence-corrected chi connectivity index (χ2v) is 12.2. The van der Waals surface area contributed by atoms with Gasteiger partial charge in [0.2, 0.25) is 5.95 Å². The predicted octanol–water partition coefficient (Wildman–Crippen LogP) is 7.27. The van der Waals surface area contributed by atoms with Crippen LogP contribution < -0.4 is 9.80 Å². The van der Waals surface area contributed by atoms with E-state index in [1.807, 2.05) is 6.92 Å². The minimum Gasteiger partial charge on any atom is -0.481 e. The molecule has 0 atom stereocenters. The lowest BCUT2D eigenvalue weighted by Gasteiger charge is -2.34. The van der Waals surface area contributed by atoms with Gasteiger partial charge in [0, 0.05) is 38.9 Å². The predicted molar refractivity (Wildman–Crippen MR) is 157 cm³/mol. The molecular formula is C32H37F6N5O2. The van der Waals surface area contributed by atoms with Crippen LogP contribution in [0.3, 0.4) is 0 Å². The number of carboxylic acids is 1. The van der Waals surface area contributed by atoms with Crippen LogP contribution >= 0.6 is 0 Å². The number of aromatic nitrogens is 3. The van der Waals surface area contributed by atoms with Crippen LogP contribution in [0.15, 0.2) is 36.7 Å². The third kappa shape index (κ3) is 7.73. The minimum absolute atomic E-state index is 0.133. The molecule has 0 amide bonds. The summed E-state index contributed by atoms with van der Waals surface area (Å²) < 4.78 is 83.4. The van der Waals surface area contributed by atoms with Crippen LogP contribution in [0.2, 0.25) is 0 Å². The first-order valence-electron chi connectivity index (χ1n) is 15.2. The highest BCUT2D eigenvalue weighted by Crippen LogP contribution is 2.38. The van der Waals surface area contributed by atoms with E-state index in [-0.39, 0.29) is 36.6 Å². The van der Waals surface area contributed by atoms with E-state index in [1.165, 1.54) is 22.1 Å². The van der Waals surface area contributed by atoms with Crippen LogP contribution in [-0.4, -0.2) is 38.9 Å². The minimum atomic E-state index is -4.96. The maximum atomic E-state index is 13.7. The van der Waals surface area contributed by atoms with Gasteiger partial charge in [0.1, 0.15) is 6.33 Å². The van der Waals surface area contributed by atoms with Crippen molar-refractivity contribution in [2.75, 3.05) is 22.9 Å². The summed E-state index contributed by atoms with van der Waals surface area (Å²) in [5.41, 5.74) is 1.36. The fourth-order valence-corrected chi connectivity index (χ4v) is 6.59. The summed E-state index contributed by atoms with van der Waals surface area (Å²) in [4.78, 5) is 19.6. The lowest BCUT2D eigenvalue weighted by atomic mass is 9.81. The normalized spacial score (nSPS) is 18.6. The third-order valence-electron chi connectivity index (χ3n) is 8.94. The smallest absolute Gasteiger partial charge is 0.416 e. The van der Waals surface area contributed by atoms with Crippen LogP contribution in [0.25, 0.3) is 0 Å². The SMILES string of the molecule is CCN(C[C@H]1CC[C@H](C(=O)O)CC1)c1cc2c(cc1CN(Cc1cc(C(F)(F)F)cc(C(F)(F)F)c1)c1ncn(C)n1)CCC2. The second kappa shape index (κ2) is 12.9. The molecule has 5 rings (SSSR count). The molecule has 2 aliphatic carbocycles. The zero-order valence-electron chi connectivity index (χ0n) is 25.3. The van der Waals surface area contributed by atoms with Crippen molar-refractivity contribution in [1.29, 1.82) is 0 Å². The molecule has 1 aromatic heterocycles. The van der Waals surface area contributed by atoms with E-state index in [0.29, 0.717) is 25.3 Å². The Hall–Kier alpha value is -3.77. The first kappa shape index (κ1) is 32.6. The molecule has 13 heteroatoms. The maximum Gasteiger partial charge on any atom is 0.416 e. The largest absolute Gasteiger partial charge is 0.481 e. The first-order valence-corrected chi connectivity index (χ1v) is 15.2. The Morgan fingerprint density at radius 2 is 1.53 bits per heavy atom. The molecule has 3 aromatic rings. The summed E-state index contributed by atoms with van der Waals surface area (Å²) in [5, 5.41) is 13.8. The lowest BCUT2D eigenvalue weighted by Crippen LogP contribution is -2.34. The Kier molecular flexibility index (Phi) is 9.36. The number of benzene rings is 2. The van der Waals surface area contributed by atoms with Crippen molar-refractivity contribution < 1.29 is 36.2 Å². The fourth-order valence-electron chi connectivity index (χ4n) is 6.59. The monoisotopic (exact) mass is 637 g/mol. The van der Waals surface area contributed by atoms with E-state index in [1.54, 1.807) is 11.9 Å². The van der Waals surface area contributed by atoms with Gasteiger partial charge in [-0.05, 0) is 104 Å². The zero-order chi connectivity index (χ0) is 32.5. The van der Waals surface area contributed by atoms with Gasteiger partial charge in [-0.1, -0.05) is 6.07 Å². The number of nitrogens with zero attached hydrogens (tertiary/aromatic N) is 5. The Balaban J connectivity index is 1.50. The number of carbonyl (C=O) groups is 1. The molecule has 2 aromatic carbocycles. The van der Waals surface area contributed by atoms with Crippen LogP contribution in [0.5, 0.6) is 0 Å². The van der Waals surface area contributed by atoms with Crippen molar-refractivity contribution in [3.63, 3.8) is 0 Å². The molecule has 2 aliphatic rings. The zero-order valence-corrected chi connectivity index (χ0v) is 25.3. The summed E-state index contributed by atoms with van der Waals surface area (Å²) in [6.07, 6.45) is -2.80. The van der Waals surface area contributed by atoms with Gasteiger partial charge in [0.15, 0.2) is 0 Å². The lowest BCUT2D eigenvalue weighted by molar-refractivity contribution is -0.144. The maximum absolute atomic E-state index is 13.7.